The van der Waals surface area contributed by atoms with E-state index in [0.29, 0.717) is 12.4 Å². The van der Waals surface area contributed by atoms with E-state index in [2.05, 4.69) is 9.71 Å². The van der Waals surface area contributed by atoms with Gasteiger partial charge in [0.1, 0.15) is 15.8 Å². The van der Waals surface area contributed by atoms with E-state index in [1.807, 2.05) is 25.1 Å². The molecular weight excluding hydrogens is 312 g/mol. The summed E-state index contributed by atoms with van der Waals surface area (Å²) in [7, 11) is -3.70. The van der Waals surface area contributed by atoms with Gasteiger partial charge in [0.2, 0.25) is 10.0 Å². The van der Waals surface area contributed by atoms with Crippen LogP contribution in [0.25, 0.3) is 0 Å². The number of benzene rings is 1. The summed E-state index contributed by atoms with van der Waals surface area (Å²) >= 11 is 5.81. The van der Waals surface area contributed by atoms with E-state index in [0.717, 1.165) is 5.56 Å². The molecule has 1 N–H and O–H groups in total. The molecule has 112 valence electrons. The summed E-state index contributed by atoms with van der Waals surface area (Å²) in [5.41, 5.74) is 0.796. The lowest BCUT2D eigenvalue weighted by molar-refractivity contribution is 0.340. The van der Waals surface area contributed by atoms with Crippen molar-refractivity contribution in [1.82, 2.24) is 9.71 Å². The number of sulfonamides is 1. The lowest BCUT2D eigenvalue weighted by atomic mass is 10.2. The summed E-state index contributed by atoms with van der Waals surface area (Å²) < 4.78 is 32.2. The van der Waals surface area contributed by atoms with Gasteiger partial charge < -0.3 is 4.74 Å². The van der Waals surface area contributed by atoms with Gasteiger partial charge in [-0.3, -0.25) is 0 Å². The summed E-state index contributed by atoms with van der Waals surface area (Å²) in [4.78, 5) is 3.73. The van der Waals surface area contributed by atoms with Crippen molar-refractivity contribution in [3.05, 3.63) is 53.3 Å². The van der Waals surface area contributed by atoms with Crippen molar-refractivity contribution in [3.8, 4) is 5.75 Å². The zero-order valence-corrected chi connectivity index (χ0v) is 13.0. The highest BCUT2D eigenvalue weighted by molar-refractivity contribution is 7.89. The zero-order chi connectivity index (χ0) is 15.3. The van der Waals surface area contributed by atoms with E-state index in [9.17, 15) is 8.42 Å². The van der Waals surface area contributed by atoms with Crippen LogP contribution in [0.2, 0.25) is 5.15 Å². The number of hydrogen-bond donors (Lipinski definition) is 1. The summed E-state index contributed by atoms with van der Waals surface area (Å²) in [6.07, 6.45) is 1.44. The standard InChI is InChI=1S/C14H15ClN2O3S/c1-2-20-12-6-3-5-11(9-12)10-17-21(18,19)13-7-4-8-16-14(13)15/h3-9,17H,2,10H2,1H3. The van der Waals surface area contributed by atoms with Gasteiger partial charge in [-0.15, -0.1) is 0 Å². The first kappa shape index (κ1) is 15.8. The van der Waals surface area contributed by atoms with Crippen molar-refractivity contribution in [2.45, 2.75) is 18.4 Å². The highest BCUT2D eigenvalue weighted by Gasteiger charge is 2.17. The van der Waals surface area contributed by atoms with Crippen molar-refractivity contribution in [3.63, 3.8) is 0 Å². The van der Waals surface area contributed by atoms with Gasteiger partial charge in [0.15, 0.2) is 0 Å². The minimum absolute atomic E-state index is 0.0346. The third-order valence-corrected chi connectivity index (χ3v) is 4.54. The van der Waals surface area contributed by atoms with E-state index >= 15 is 0 Å². The molecule has 2 rings (SSSR count). The molecule has 1 aromatic carbocycles. The fraction of sp³-hybridized carbons (Fsp3) is 0.214. The topological polar surface area (TPSA) is 68.3 Å². The molecule has 7 heteroatoms. The van der Waals surface area contributed by atoms with Crippen LogP contribution in [0.3, 0.4) is 0 Å². The molecule has 5 nitrogen and oxygen atoms in total. The van der Waals surface area contributed by atoms with Crippen LogP contribution in [-0.2, 0) is 16.6 Å². The molecular formula is C14H15ClN2O3S. The maximum absolute atomic E-state index is 12.2. The lowest BCUT2D eigenvalue weighted by Crippen LogP contribution is -2.23. The van der Waals surface area contributed by atoms with Gasteiger partial charge in [0, 0.05) is 12.7 Å². The molecule has 21 heavy (non-hydrogen) atoms. The maximum atomic E-state index is 12.2. The fourth-order valence-corrected chi connectivity index (χ4v) is 3.21. The summed E-state index contributed by atoms with van der Waals surface area (Å²) in [6.45, 7) is 2.59. The van der Waals surface area contributed by atoms with E-state index in [1.54, 1.807) is 6.07 Å². The number of nitrogens with one attached hydrogen (secondary N) is 1. The normalized spacial score (nSPS) is 11.3. The molecule has 0 aliphatic rings. The van der Waals surface area contributed by atoms with E-state index in [1.165, 1.54) is 18.3 Å². The minimum atomic E-state index is -3.70. The van der Waals surface area contributed by atoms with Gasteiger partial charge in [-0.2, -0.15) is 0 Å². The molecule has 0 unspecified atom stereocenters. The van der Waals surface area contributed by atoms with Crippen LogP contribution in [0.1, 0.15) is 12.5 Å². The Hall–Kier alpha value is -1.63. The van der Waals surface area contributed by atoms with Gasteiger partial charge in [0.05, 0.1) is 6.61 Å². The summed E-state index contributed by atoms with van der Waals surface area (Å²) in [5, 5.41) is -0.0481. The maximum Gasteiger partial charge on any atom is 0.243 e. The van der Waals surface area contributed by atoms with Gasteiger partial charge in [-0.25, -0.2) is 18.1 Å². The van der Waals surface area contributed by atoms with Crippen LogP contribution < -0.4 is 9.46 Å². The number of aromatic nitrogens is 1. The fourth-order valence-electron chi connectivity index (χ4n) is 1.74. The smallest absolute Gasteiger partial charge is 0.243 e. The molecule has 0 fully saturated rings. The molecule has 1 aromatic heterocycles. The SMILES string of the molecule is CCOc1cccc(CNS(=O)(=O)c2cccnc2Cl)c1. The first-order valence-corrected chi connectivity index (χ1v) is 8.21. The van der Waals surface area contributed by atoms with Crippen molar-refractivity contribution in [2.75, 3.05) is 6.61 Å². The van der Waals surface area contributed by atoms with Crippen molar-refractivity contribution < 1.29 is 13.2 Å². The second-order valence-electron chi connectivity index (χ2n) is 4.20. The highest BCUT2D eigenvalue weighted by atomic mass is 35.5. The monoisotopic (exact) mass is 326 g/mol. The molecule has 0 atom stereocenters. The third-order valence-electron chi connectivity index (χ3n) is 2.69. The van der Waals surface area contributed by atoms with Gasteiger partial charge >= 0.3 is 0 Å². The molecule has 0 bridgehead atoms. The van der Waals surface area contributed by atoms with E-state index in [4.69, 9.17) is 16.3 Å². The second kappa shape index (κ2) is 6.89. The van der Waals surface area contributed by atoms with Crippen LogP contribution in [-0.4, -0.2) is 20.0 Å². The van der Waals surface area contributed by atoms with E-state index < -0.39 is 10.0 Å². The van der Waals surface area contributed by atoms with Crippen LogP contribution in [0, 0.1) is 0 Å². The van der Waals surface area contributed by atoms with Gasteiger partial charge in [-0.1, -0.05) is 23.7 Å². The van der Waals surface area contributed by atoms with Crippen LogP contribution >= 0.6 is 11.6 Å². The first-order valence-electron chi connectivity index (χ1n) is 6.35. The largest absolute Gasteiger partial charge is 0.494 e. The molecule has 0 radical (unpaired) electrons. The highest BCUT2D eigenvalue weighted by Crippen LogP contribution is 2.18. The molecule has 0 aliphatic carbocycles. The van der Waals surface area contributed by atoms with Crippen molar-refractivity contribution in [2.24, 2.45) is 0 Å². The predicted molar refractivity (Wildman–Crippen MR) is 80.9 cm³/mol. The zero-order valence-electron chi connectivity index (χ0n) is 11.4. The van der Waals surface area contributed by atoms with Crippen molar-refractivity contribution >= 4 is 21.6 Å². The van der Waals surface area contributed by atoms with E-state index in [-0.39, 0.29) is 16.6 Å². The summed E-state index contributed by atoms with van der Waals surface area (Å²) in [6, 6.07) is 10.2. The Balaban J connectivity index is 2.12. The number of nitrogens with zero attached hydrogens (tertiary/aromatic N) is 1. The Bertz CT molecular complexity index is 720. The number of ether oxygens (including phenoxy) is 1. The molecule has 2 aromatic rings. The average molecular weight is 327 g/mol. The average Bonchev–Trinajstić information content (AvgIpc) is 2.46. The number of rotatable bonds is 6. The first-order chi connectivity index (χ1) is 10.0. The minimum Gasteiger partial charge on any atom is -0.494 e. The van der Waals surface area contributed by atoms with Crippen LogP contribution in [0.5, 0.6) is 5.75 Å². The molecule has 1 heterocycles. The molecule has 0 aliphatic heterocycles. The van der Waals surface area contributed by atoms with Gasteiger partial charge in [0.25, 0.3) is 0 Å². The number of hydrogen-bond acceptors (Lipinski definition) is 4. The second-order valence-corrected chi connectivity index (χ2v) is 6.29. The molecule has 0 spiro atoms. The Morgan fingerprint density at radius 2 is 2.10 bits per heavy atom. The molecule has 0 saturated heterocycles. The van der Waals surface area contributed by atoms with Gasteiger partial charge in [-0.05, 0) is 36.8 Å². The van der Waals surface area contributed by atoms with Crippen molar-refractivity contribution in [1.29, 1.82) is 0 Å². The lowest BCUT2D eigenvalue weighted by Gasteiger charge is -2.09. The Kier molecular flexibility index (Phi) is 5.17. The Morgan fingerprint density at radius 1 is 1.29 bits per heavy atom. The summed E-state index contributed by atoms with van der Waals surface area (Å²) in [5.74, 6) is 0.702. The number of pyridine rings is 1. The molecule has 0 saturated carbocycles. The quantitative estimate of drug-likeness (QED) is 0.828. The number of halogens is 1. The molecule has 0 amide bonds. The Morgan fingerprint density at radius 3 is 2.81 bits per heavy atom. The predicted octanol–water partition coefficient (Wildman–Crippen LogP) is 2.61. The Labute approximate surface area is 129 Å². The van der Waals surface area contributed by atoms with Crippen LogP contribution in [0.15, 0.2) is 47.5 Å². The third kappa shape index (κ3) is 4.17. The van der Waals surface area contributed by atoms with Crippen LogP contribution in [0.4, 0.5) is 0 Å².